The summed E-state index contributed by atoms with van der Waals surface area (Å²) in [6.45, 7) is 4.51. The van der Waals surface area contributed by atoms with Gasteiger partial charge in [0, 0.05) is 31.2 Å². The molecule has 0 spiro atoms. The first-order valence-corrected chi connectivity index (χ1v) is 14.3. The zero-order valence-corrected chi connectivity index (χ0v) is 24.7. The molecule has 224 valence electrons. The number of nitrogens with one attached hydrogen (secondary N) is 1. The molecule has 1 aliphatic rings. The maximum absolute atomic E-state index is 13.0. The number of aromatic nitrogens is 1. The predicted octanol–water partition coefficient (Wildman–Crippen LogP) is 4.73. The summed E-state index contributed by atoms with van der Waals surface area (Å²) in [6, 6.07) is 16.8. The molecule has 3 atom stereocenters. The van der Waals surface area contributed by atoms with Gasteiger partial charge in [0.25, 0.3) is 5.91 Å². The Hall–Kier alpha value is -4.11. The monoisotopic (exact) mass is 576 g/mol. The Morgan fingerprint density at radius 1 is 1.00 bits per heavy atom. The van der Waals surface area contributed by atoms with E-state index in [1.807, 2.05) is 37.3 Å². The Morgan fingerprint density at radius 2 is 1.74 bits per heavy atom. The minimum Gasteiger partial charge on any atom is -0.503 e. The summed E-state index contributed by atoms with van der Waals surface area (Å²) < 4.78 is 22.6. The number of esters is 1. The first kappa shape index (κ1) is 30.8. The molecule has 42 heavy (non-hydrogen) atoms. The molecule has 1 heterocycles. The van der Waals surface area contributed by atoms with Gasteiger partial charge in [-0.2, -0.15) is 0 Å². The zero-order valence-electron chi connectivity index (χ0n) is 24.7. The van der Waals surface area contributed by atoms with E-state index in [0.717, 1.165) is 23.3 Å². The molecule has 1 aliphatic carbocycles. The summed E-state index contributed by atoms with van der Waals surface area (Å²) in [5.41, 5.74) is 3.12. The average Bonchev–Trinajstić information content (AvgIpc) is 3.82. The Morgan fingerprint density at radius 3 is 2.43 bits per heavy atom. The molecule has 0 aliphatic heterocycles. The molecule has 1 aromatic heterocycles. The third kappa shape index (κ3) is 8.45. The molecular formula is C33H40N2O7. The molecule has 0 saturated heterocycles. The van der Waals surface area contributed by atoms with Gasteiger partial charge in [-0.15, -0.1) is 0 Å². The van der Waals surface area contributed by atoms with Crippen molar-refractivity contribution in [2.24, 2.45) is 11.8 Å². The SMILES string of the molecule is COc1ccc(C[C@H](COCC2CC2)[C@H](C)OC(=O)[C@H](C)NC(=O)c2nccc(OC)c2O)cc1Cc1ccccc1. The minimum atomic E-state index is -0.973. The van der Waals surface area contributed by atoms with Crippen molar-refractivity contribution < 1.29 is 33.6 Å². The molecule has 2 N–H and O–H groups in total. The smallest absolute Gasteiger partial charge is 0.328 e. The van der Waals surface area contributed by atoms with Crippen LogP contribution in [-0.4, -0.2) is 61.5 Å². The van der Waals surface area contributed by atoms with Crippen molar-refractivity contribution in [1.29, 1.82) is 0 Å². The van der Waals surface area contributed by atoms with Gasteiger partial charge in [-0.25, -0.2) is 9.78 Å². The zero-order chi connectivity index (χ0) is 30.1. The molecule has 1 fully saturated rings. The van der Waals surface area contributed by atoms with E-state index >= 15 is 0 Å². The lowest BCUT2D eigenvalue weighted by atomic mass is 9.93. The van der Waals surface area contributed by atoms with Gasteiger partial charge in [0.15, 0.2) is 17.2 Å². The summed E-state index contributed by atoms with van der Waals surface area (Å²) in [7, 11) is 3.05. The molecule has 0 bridgehead atoms. The highest BCUT2D eigenvalue weighted by molar-refractivity contribution is 5.97. The van der Waals surface area contributed by atoms with Crippen molar-refractivity contribution in [3.05, 3.63) is 83.2 Å². The van der Waals surface area contributed by atoms with Crippen molar-refractivity contribution in [2.45, 2.75) is 51.7 Å². The van der Waals surface area contributed by atoms with E-state index in [4.69, 9.17) is 18.9 Å². The molecule has 0 unspecified atom stereocenters. The minimum absolute atomic E-state index is 0.110. The molecule has 1 amide bonds. The number of ether oxygens (including phenoxy) is 4. The highest BCUT2D eigenvalue weighted by Gasteiger charge is 2.28. The lowest BCUT2D eigenvalue weighted by Gasteiger charge is -2.26. The van der Waals surface area contributed by atoms with Crippen LogP contribution in [0, 0.1) is 11.8 Å². The number of aromatic hydroxyl groups is 1. The fourth-order valence-electron chi connectivity index (χ4n) is 4.72. The number of carbonyl (C=O) groups is 2. The van der Waals surface area contributed by atoms with Crippen LogP contribution in [0.4, 0.5) is 0 Å². The van der Waals surface area contributed by atoms with Crippen LogP contribution >= 0.6 is 0 Å². The van der Waals surface area contributed by atoms with Crippen molar-refractivity contribution in [2.75, 3.05) is 27.4 Å². The van der Waals surface area contributed by atoms with Crippen LogP contribution in [-0.2, 0) is 27.1 Å². The Labute approximate surface area is 247 Å². The van der Waals surface area contributed by atoms with Crippen molar-refractivity contribution >= 4 is 11.9 Å². The molecule has 2 aromatic carbocycles. The summed E-state index contributed by atoms with van der Waals surface area (Å²) in [4.78, 5) is 29.6. The summed E-state index contributed by atoms with van der Waals surface area (Å²) in [6.07, 6.45) is 4.60. The van der Waals surface area contributed by atoms with E-state index in [-0.39, 0.29) is 17.4 Å². The lowest BCUT2D eigenvalue weighted by Crippen LogP contribution is -2.42. The Kier molecular flexibility index (Phi) is 10.8. The van der Waals surface area contributed by atoms with Crippen LogP contribution in [0.3, 0.4) is 0 Å². The first-order chi connectivity index (χ1) is 20.3. The van der Waals surface area contributed by atoms with Crippen molar-refractivity contribution in [1.82, 2.24) is 10.3 Å². The second kappa shape index (κ2) is 14.7. The topological polar surface area (TPSA) is 116 Å². The van der Waals surface area contributed by atoms with E-state index in [2.05, 4.69) is 28.5 Å². The molecule has 1 saturated carbocycles. The summed E-state index contributed by atoms with van der Waals surface area (Å²) in [5, 5.41) is 12.8. The highest BCUT2D eigenvalue weighted by atomic mass is 16.5. The second-order valence-corrected chi connectivity index (χ2v) is 10.8. The van der Waals surface area contributed by atoms with Gasteiger partial charge in [-0.1, -0.05) is 42.5 Å². The fraction of sp³-hybridized carbons (Fsp3) is 0.424. The number of methoxy groups -OCH3 is 2. The van der Waals surface area contributed by atoms with E-state index in [1.165, 1.54) is 44.7 Å². The Balaban J connectivity index is 1.43. The van der Waals surface area contributed by atoms with E-state index < -0.39 is 29.8 Å². The number of carbonyl (C=O) groups excluding carboxylic acids is 2. The fourth-order valence-corrected chi connectivity index (χ4v) is 4.72. The van der Waals surface area contributed by atoms with Gasteiger partial charge < -0.3 is 29.4 Å². The first-order valence-electron chi connectivity index (χ1n) is 14.3. The maximum atomic E-state index is 13.0. The molecule has 9 nitrogen and oxygen atoms in total. The van der Waals surface area contributed by atoms with Crippen LogP contribution in [0.25, 0.3) is 0 Å². The third-order valence-corrected chi connectivity index (χ3v) is 7.45. The van der Waals surface area contributed by atoms with Gasteiger partial charge >= 0.3 is 5.97 Å². The van der Waals surface area contributed by atoms with Crippen molar-refractivity contribution in [3.63, 3.8) is 0 Å². The largest absolute Gasteiger partial charge is 0.503 e. The van der Waals surface area contributed by atoms with Crippen LogP contribution in [0.15, 0.2) is 60.8 Å². The summed E-state index contributed by atoms with van der Waals surface area (Å²) >= 11 is 0. The second-order valence-electron chi connectivity index (χ2n) is 10.8. The van der Waals surface area contributed by atoms with Crippen LogP contribution in [0.5, 0.6) is 17.2 Å². The average molecular weight is 577 g/mol. The standard InChI is InChI=1S/C33H40N2O7/c1-21(35-32(37)30-31(36)29(40-4)14-15-34-30)33(38)42-22(2)27(20-41-19-24-10-11-24)18-25-12-13-28(39-3)26(17-25)16-23-8-6-5-7-9-23/h5-9,12-15,17,21-22,24,27,36H,10-11,16,18-20H2,1-4H3,(H,35,37)/t21-,22-,27+/m0/s1. The number of hydrogen-bond donors (Lipinski definition) is 2. The molecule has 3 aromatic rings. The van der Waals surface area contributed by atoms with E-state index in [1.54, 1.807) is 7.11 Å². The number of hydrogen-bond acceptors (Lipinski definition) is 8. The number of rotatable bonds is 15. The molecule has 4 rings (SSSR count). The molecule has 0 radical (unpaired) electrons. The highest BCUT2D eigenvalue weighted by Crippen LogP contribution is 2.30. The number of benzene rings is 2. The summed E-state index contributed by atoms with van der Waals surface area (Å²) in [5.74, 6) is -0.271. The number of pyridine rings is 1. The van der Waals surface area contributed by atoms with Gasteiger partial charge in [0.1, 0.15) is 17.9 Å². The van der Waals surface area contributed by atoms with Crippen LogP contribution < -0.4 is 14.8 Å². The number of amides is 1. The number of nitrogens with zero attached hydrogens (tertiary/aromatic N) is 1. The van der Waals surface area contributed by atoms with E-state index in [9.17, 15) is 14.7 Å². The van der Waals surface area contributed by atoms with Gasteiger partial charge in [0.2, 0.25) is 0 Å². The third-order valence-electron chi connectivity index (χ3n) is 7.45. The Bertz CT molecular complexity index is 1340. The van der Waals surface area contributed by atoms with Gasteiger partial charge in [0.05, 0.1) is 20.8 Å². The molecular weight excluding hydrogens is 536 g/mol. The molecule has 9 heteroatoms. The van der Waals surface area contributed by atoms with Crippen molar-refractivity contribution in [3.8, 4) is 17.2 Å². The van der Waals surface area contributed by atoms with E-state index in [0.29, 0.717) is 25.6 Å². The van der Waals surface area contributed by atoms with Crippen LogP contribution in [0.2, 0.25) is 0 Å². The maximum Gasteiger partial charge on any atom is 0.328 e. The van der Waals surface area contributed by atoms with Gasteiger partial charge in [-0.05, 0) is 61.8 Å². The van der Waals surface area contributed by atoms with Crippen LogP contribution in [0.1, 0.15) is 53.9 Å². The quantitative estimate of drug-likeness (QED) is 0.250. The van der Waals surface area contributed by atoms with Gasteiger partial charge in [-0.3, -0.25) is 4.79 Å². The predicted molar refractivity (Wildman–Crippen MR) is 158 cm³/mol. The normalized spacial score (nSPS) is 14.9. The lowest BCUT2D eigenvalue weighted by molar-refractivity contribution is -0.153.